The van der Waals surface area contributed by atoms with E-state index >= 15 is 0 Å². The van der Waals surface area contributed by atoms with Crippen LogP contribution in [0, 0.1) is 0 Å². The van der Waals surface area contributed by atoms with E-state index in [0.717, 1.165) is 24.8 Å². The van der Waals surface area contributed by atoms with E-state index in [1.54, 1.807) is 6.07 Å². The first-order valence-electron chi connectivity index (χ1n) is 6.53. The molecule has 0 saturated carbocycles. The Morgan fingerprint density at radius 3 is 2.40 bits per heavy atom. The smallest absolute Gasteiger partial charge is 0.314 e. The van der Waals surface area contributed by atoms with E-state index in [2.05, 4.69) is 9.97 Å². The number of carboxylic acids is 1. The van der Waals surface area contributed by atoms with Crippen molar-refractivity contribution < 1.29 is 9.90 Å². The Kier molecular flexibility index (Phi) is 4.34. The molecule has 0 fully saturated rings. The van der Waals surface area contributed by atoms with Gasteiger partial charge in [0.15, 0.2) is 0 Å². The van der Waals surface area contributed by atoms with E-state index in [4.69, 9.17) is 5.11 Å². The fourth-order valence-corrected chi connectivity index (χ4v) is 2.10. The van der Waals surface area contributed by atoms with Gasteiger partial charge in [0.25, 0.3) is 0 Å². The summed E-state index contributed by atoms with van der Waals surface area (Å²) in [6.07, 6.45) is 3.44. The Morgan fingerprint density at radius 1 is 1.00 bits per heavy atom. The minimum atomic E-state index is -0.766. The number of H-pyrrole nitrogens is 2. The molecule has 6 nitrogen and oxygen atoms in total. The minimum Gasteiger partial charge on any atom is -0.481 e. The highest BCUT2D eigenvalue weighted by Crippen LogP contribution is 2.12. The molecule has 0 saturated heterocycles. The van der Waals surface area contributed by atoms with Gasteiger partial charge >= 0.3 is 17.1 Å². The molecule has 20 heavy (non-hydrogen) atoms. The van der Waals surface area contributed by atoms with E-state index in [-0.39, 0.29) is 6.42 Å². The van der Waals surface area contributed by atoms with Gasteiger partial charge in [0.05, 0.1) is 11.0 Å². The van der Waals surface area contributed by atoms with Gasteiger partial charge in [0, 0.05) is 6.42 Å². The van der Waals surface area contributed by atoms with E-state index in [9.17, 15) is 14.4 Å². The Labute approximate surface area is 114 Å². The molecule has 0 aliphatic carbocycles. The molecule has 0 atom stereocenters. The molecule has 2 aromatic rings. The maximum Gasteiger partial charge on any atom is 0.314 e. The highest BCUT2D eigenvalue weighted by atomic mass is 16.4. The van der Waals surface area contributed by atoms with Crippen molar-refractivity contribution in [1.82, 2.24) is 9.97 Å². The second-order valence-corrected chi connectivity index (χ2v) is 4.74. The minimum absolute atomic E-state index is 0.201. The van der Waals surface area contributed by atoms with Gasteiger partial charge < -0.3 is 15.1 Å². The monoisotopic (exact) mass is 276 g/mol. The zero-order valence-corrected chi connectivity index (χ0v) is 10.9. The molecular weight excluding hydrogens is 260 g/mol. The lowest BCUT2D eigenvalue weighted by atomic mass is 10.1. The molecule has 6 heteroatoms. The summed E-state index contributed by atoms with van der Waals surface area (Å²) in [5, 5.41) is 8.53. The predicted molar refractivity (Wildman–Crippen MR) is 75.0 cm³/mol. The summed E-state index contributed by atoms with van der Waals surface area (Å²) in [5.41, 5.74) is 0.951. The highest BCUT2D eigenvalue weighted by molar-refractivity contribution is 5.74. The average Bonchev–Trinajstić information content (AvgIpc) is 2.39. The lowest BCUT2D eigenvalue weighted by Crippen LogP contribution is -2.28. The third-order valence-electron chi connectivity index (χ3n) is 3.14. The van der Waals surface area contributed by atoms with E-state index in [0.29, 0.717) is 17.5 Å². The van der Waals surface area contributed by atoms with Gasteiger partial charge in [-0.1, -0.05) is 12.5 Å². The number of hydrogen-bond donors (Lipinski definition) is 3. The molecule has 106 valence electrons. The van der Waals surface area contributed by atoms with Crippen LogP contribution in [0.4, 0.5) is 0 Å². The van der Waals surface area contributed by atoms with Crippen molar-refractivity contribution >= 4 is 17.0 Å². The highest BCUT2D eigenvalue weighted by Gasteiger charge is 2.02. The molecule has 0 aliphatic heterocycles. The second kappa shape index (κ2) is 6.18. The third kappa shape index (κ3) is 3.57. The summed E-state index contributed by atoms with van der Waals surface area (Å²) in [5.74, 6) is -0.766. The first kappa shape index (κ1) is 14.0. The summed E-state index contributed by atoms with van der Waals surface area (Å²) in [4.78, 5) is 37.8. The average molecular weight is 276 g/mol. The van der Waals surface area contributed by atoms with E-state index < -0.39 is 17.1 Å². The molecular formula is C14H16N2O4. The molecule has 1 aromatic carbocycles. The maximum absolute atomic E-state index is 11.3. The van der Waals surface area contributed by atoms with Gasteiger partial charge in [-0.15, -0.1) is 0 Å². The van der Waals surface area contributed by atoms with Crippen molar-refractivity contribution in [1.29, 1.82) is 0 Å². The van der Waals surface area contributed by atoms with Gasteiger partial charge in [-0.2, -0.15) is 0 Å². The van der Waals surface area contributed by atoms with Gasteiger partial charge in [-0.3, -0.25) is 14.4 Å². The van der Waals surface area contributed by atoms with E-state index in [1.807, 2.05) is 12.1 Å². The quantitative estimate of drug-likeness (QED) is 0.548. The molecule has 3 N–H and O–H groups in total. The van der Waals surface area contributed by atoms with Crippen molar-refractivity contribution in [2.75, 3.05) is 0 Å². The predicted octanol–water partition coefficient (Wildman–Crippen LogP) is 1.40. The Bertz CT molecular complexity index is 730. The number of benzene rings is 1. The molecule has 0 spiro atoms. The summed E-state index contributed by atoms with van der Waals surface area (Å²) >= 11 is 0. The fourth-order valence-electron chi connectivity index (χ4n) is 2.10. The second-order valence-electron chi connectivity index (χ2n) is 4.74. The zero-order valence-electron chi connectivity index (χ0n) is 10.9. The summed E-state index contributed by atoms with van der Waals surface area (Å²) < 4.78 is 0. The summed E-state index contributed by atoms with van der Waals surface area (Å²) in [6, 6.07) is 5.50. The van der Waals surface area contributed by atoms with Gasteiger partial charge in [0.2, 0.25) is 0 Å². The molecule has 1 aromatic heterocycles. The van der Waals surface area contributed by atoms with Crippen LogP contribution < -0.4 is 11.1 Å². The Morgan fingerprint density at radius 2 is 1.70 bits per heavy atom. The van der Waals surface area contributed by atoms with Crippen molar-refractivity contribution in [2.45, 2.75) is 32.1 Å². The lowest BCUT2D eigenvalue weighted by Gasteiger charge is -2.03. The number of aryl methyl sites for hydroxylation is 1. The van der Waals surface area contributed by atoms with Crippen LogP contribution in [-0.4, -0.2) is 21.0 Å². The molecule has 0 unspecified atom stereocenters. The van der Waals surface area contributed by atoms with Crippen LogP contribution in [0.2, 0.25) is 0 Å². The molecule has 1 heterocycles. The van der Waals surface area contributed by atoms with Crippen LogP contribution in [0.25, 0.3) is 11.0 Å². The zero-order chi connectivity index (χ0) is 14.5. The Hall–Kier alpha value is -2.37. The summed E-state index contributed by atoms with van der Waals surface area (Å²) in [7, 11) is 0. The topological polar surface area (TPSA) is 103 Å². The van der Waals surface area contributed by atoms with Gasteiger partial charge in [-0.05, 0) is 37.0 Å². The largest absolute Gasteiger partial charge is 0.481 e. The number of carbonyl (C=O) groups is 1. The molecule has 0 amide bonds. The number of carboxylic acid groups (broad SMARTS) is 1. The van der Waals surface area contributed by atoms with Crippen molar-refractivity contribution in [2.24, 2.45) is 0 Å². The number of hydrogen-bond acceptors (Lipinski definition) is 3. The number of nitrogens with one attached hydrogen (secondary N) is 2. The first-order chi connectivity index (χ1) is 9.56. The lowest BCUT2D eigenvalue weighted by molar-refractivity contribution is -0.137. The van der Waals surface area contributed by atoms with Crippen LogP contribution in [0.3, 0.4) is 0 Å². The number of aliphatic carboxylic acids is 1. The van der Waals surface area contributed by atoms with Crippen molar-refractivity contribution in [3.05, 3.63) is 44.5 Å². The first-order valence-corrected chi connectivity index (χ1v) is 6.53. The van der Waals surface area contributed by atoms with Crippen LogP contribution in [-0.2, 0) is 11.2 Å². The molecule has 0 aliphatic rings. The molecule has 2 rings (SSSR count). The number of aromatic amines is 2. The van der Waals surface area contributed by atoms with Crippen LogP contribution in [0.1, 0.15) is 31.2 Å². The van der Waals surface area contributed by atoms with Crippen LogP contribution in [0.15, 0.2) is 27.8 Å². The third-order valence-corrected chi connectivity index (χ3v) is 3.14. The maximum atomic E-state index is 11.3. The number of rotatable bonds is 6. The fraction of sp³-hybridized carbons (Fsp3) is 0.357. The van der Waals surface area contributed by atoms with Crippen molar-refractivity contribution in [3.63, 3.8) is 0 Å². The normalized spacial score (nSPS) is 10.8. The Balaban J connectivity index is 2.01. The SMILES string of the molecule is O=C(O)CCCCCc1ccc2[nH]c(=O)c(=O)[nH]c2c1. The summed E-state index contributed by atoms with van der Waals surface area (Å²) in [6.45, 7) is 0. The number of fused-ring (bicyclic) bond motifs is 1. The molecule has 0 radical (unpaired) electrons. The van der Waals surface area contributed by atoms with Crippen LogP contribution in [0.5, 0.6) is 0 Å². The van der Waals surface area contributed by atoms with Gasteiger partial charge in [-0.25, -0.2) is 0 Å². The van der Waals surface area contributed by atoms with E-state index in [1.165, 1.54) is 0 Å². The molecule has 0 bridgehead atoms. The number of unbranched alkanes of at least 4 members (excludes halogenated alkanes) is 2. The standard InChI is InChI=1S/C14H16N2O4/c17-12(18)5-3-1-2-4-9-6-7-10-11(8-9)16-14(20)13(19)15-10/h6-8H,1-5H2,(H,15,19)(H,16,20)(H,17,18). The van der Waals surface area contributed by atoms with Gasteiger partial charge in [0.1, 0.15) is 0 Å². The number of aromatic nitrogens is 2. The van der Waals surface area contributed by atoms with Crippen molar-refractivity contribution in [3.8, 4) is 0 Å². The van der Waals surface area contributed by atoms with Crippen LogP contribution >= 0.6 is 0 Å².